The highest BCUT2D eigenvalue weighted by atomic mass is 35.5. The van der Waals surface area contributed by atoms with Crippen LogP contribution in [0, 0.1) is 16.7 Å². The third-order valence-electron chi connectivity index (χ3n) is 8.09. The van der Waals surface area contributed by atoms with Crippen LogP contribution in [0.3, 0.4) is 0 Å². The topological polar surface area (TPSA) is 149 Å². The molecule has 2 aromatic carbocycles. The standard InChI is InChI=1S/C32H34ClF5N8O3/c1-29(2,3)17-31(20-9-6-18(15-39)7-10-20)26(47)45(27(40)43-31)23(16-49-28(48)44-30(12-13-30)32(36,37)38)19-8-11-21(33)22(14-19)46(42-5)25(41-4)24(34)35/h6-11,14,23-24H,5,12-13,16-17H2,1-4H3,(H2,40,43)(H,44,48)/t23-,31-/m1/s1. The molecule has 2 atom stereocenters. The van der Waals surface area contributed by atoms with Gasteiger partial charge in [0.15, 0.2) is 17.3 Å². The Kier molecular flexibility index (Phi) is 10.3. The van der Waals surface area contributed by atoms with E-state index in [1.165, 1.54) is 30.3 Å². The van der Waals surface area contributed by atoms with E-state index >= 15 is 0 Å². The monoisotopic (exact) mass is 708 g/mol. The van der Waals surface area contributed by atoms with Gasteiger partial charge in [-0.05, 0) is 60.1 Å². The number of rotatable bonds is 10. The van der Waals surface area contributed by atoms with Gasteiger partial charge in [-0.15, -0.1) is 0 Å². The number of guanidine groups is 1. The predicted octanol–water partition coefficient (Wildman–Crippen LogP) is 6.28. The SMILES string of the molecule is C=NN(C(=NC)C(F)F)c1cc([C@@H](COC(=O)NC2(C(F)(F)F)CC2)N2C(=O)[C@@](CC(C)(C)C)(c3ccc(C#N)cc3)N=C2N)ccc1Cl. The highest BCUT2D eigenvalue weighted by Crippen LogP contribution is 2.49. The summed E-state index contributed by atoms with van der Waals surface area (Å²) in [5.41, 5.74) is 2.54. The van der Waals surface area contributed by atoms with Gasteiger partial charge in [0.1, 0.15) is 12.1 Å². The number of amidine groups is 1. The second kappa shape index (κ2) is 13.6. The highest BCUT2D eigenvalue weighted by Gasteiger charge is 2.64. The van der Waals surface area contributed by atoms with Gasteiger partial charge in [0.2, 0.25) is 0 Å². The van der Waals surface area contributed by atoms with Crippen molar-refractivity contribution in [3.63, 3.8) is 0 Å². The van der Waals surface area contributed by atoms with Crippen LogP contribution in [0.15, 0.2) is 57.6 Å². The van der Waals surface area contributed by atoms with Crippen LogP contribution in [0.5, 0.6) is 0 Å². The third-order valence-corrected chi connectivity index (χ3v) is 8.41. The van der Waals surface area contributed by atoms with E-state index in [0.29, 0.717) is 16.1 Å². The predicted molar refractivity (Wildman–Crippen MR) is 173 cm³/mol. The minimum absolute atomic E-state index is 0.0785. The van der Waals surface area contributed by atoms with Crippen molar-refractivity contribution in [2.75, 3.05) is 18.7 Å². The van der Waals surface area contributed by atoms with Crippen molar-refractivity contribution >= 4 is 47.8 Å². The Labute approximate surface area is 284 Å². The van der Waals surface area contributed by atoms with Gasteiger partial charge in [-0.1, -0.05) is 50.6 Å². The van der Waals surface area contributed by atoms with Gasteiger partial charge in [-0.25, -0.2) is 23.6 Å². The van der Waals surface area contributed by atoms with Crippen LogP contribution in [0.25, 0.3) is 0 Å². The molecule has 0 radical (unpaired) electrons. The normalized spacial score (nSPS) is 19.6. The summed E-state index contributed by atoms with van der Waals surface area (Å²) in [7, 11) is 1.11. The van der Waals surface area contributed by atoms with Crippen LogP contribution in [-0.2, 0) is 15.1 Å². The van der Waals surface area contributed by atoms with Gasteiger partial charge >= 0.3 is 12.3 Å². The molecule has 17 heteroatoms. The van der Waals surface area contributed by atoms with Crippen molar-refractivity contribution in [2.45, 2.75) is 69.8 Å². The largest absolute Gasteiger partial charge is 0.447 e. The van der Waals surface area contributed by atoms with Crippen LogP contribution in [-0.4, -0.2) is 67.2 Å². The zero-order chi connectivity index (χ0) is 36.5. The maximum atomic E-state index is 14.7. The molecule has 0 aromatic heterocycles. The lowest BCUT2D eigenvalue weighted by atomic mass is 9.75. The average Bonchev–Trinajstić information content (AvgIpc) is 3.77. The molecule has 4 rings (SSSR count). The number of halogens is 6. The van der Waals surface area contributed by atoms with Gasteiger partial charge in [0.25, 0.3) is 12.3 Å². The van der Waals surface area contributed by atoms with Crippen molar-refractivity contribution in [1.82, 2.24) is 10.2 Å². The molecule has 2 amide bonds. The number of nitrogens with one attached hydrogen (secondary N) is 1. The number of carbonyl (C=O) groups excluding carboxylic acids is 2. The fraction of sp³-hybridized carbons (Fsp3) is 0.438. The number of nitriles is 1. The summed E-state index contributed by atoms with van der Waals surface area (Å²) in [6.07, 6.45) is -9.79. The second-order valence-corrected chi connectivity index (χ2v) is 13.2. The Morgan fingerprint density at radius 2 is 1.86 bits per heavy atom. The first kappa shape index (κ1) is 37.0. The number of alkyl carbamates (subject to hydrolysis) is 1. The molecule has 2 aliphatic rings. The van der Waals surface area contributed by atoms with Crippen molar-refractivity contribution < 1.29 is 36.3 Å². The Hall–Kier alpha value is -4.78. The van der Waals surface area contributed by atoms with Crippen LogP contribution in [0.1, 0.15) is 62.8 Å². The first-order valence-corrected chi connectivity index (χ1v) is 15.2. The Morgan fingerprint density at radius 3 is 2.35 bits per heavy atom. The Balaban J connectivity index is 1.83. The fourth-order valence-electron chi connectivity index (χ4n) is 5.66. The smallest absolute Gasteiger partial charge is 0.411 e. The fourth-order valence-corrected chi connectivity index (χ4v) is 5.86. The van der Waals surface area contributed by atoms with Crippen LogP contribution < -0.4 is 16.1 Å². The minimum Gasteiger partial charge on any atom is -0.447 e. The van der Waals surface area contributed by atoms with E-state index < -0.39 is 59.6 Å². The molecule has 1 saturated carbocycles. The van der Waals surface area contributed by atoms with Crippen molar-refractivity contribution in [3.8, 4) is 6.07 Å². The summed E-state index contributed by atoms with van der Waals surface area (Å²) >= 11 is 6.39. The minimum atomic E-state index is -4.73. The number of amides is 2. The molecule has 0 bridgehead atoms. The van der Waals surface area contributed by atoms with E-state index in [9.17, 15) is 36.8 Å². The molecule has 1 aliphatic heterocycles. The number of benzene rings is 2. The number of ether oxygens (including phenoxy) is 1. The lowest BCUT2D eigenvalue weighted by Crippen LogP contribution is -2.50. The maximum absolute atomic E-state index is 14.7. The van der Waals surface area contributed by atoms with Crippen molar-refractivity contribution in [2.24, 2.45) is 26.2 Å². The molecule has 11 nitrogen and oxygen atoms in total. The average molecular weight is 709 g/mol. The Morgan fingerprint density at radius 1 is 1.22 bits per heavy atom. The van der Waals surface area contributed by atoms with Crippen LogP contribution in [0.4, 0.5) is 32.4 Å². The van der Waals surface area contributed by atoms with Crippen LogP contribution >= 0.6 is 11.6 Å². The number of alkyl halides is 5. The van der Waals surface area contributed by atoms with Crippen LogP contribution in [0.2, 0.25) is 5.02 Å². The summed E-state index contributed by atoms with van der Waals surface area (Å²) in [5.74, 6) is -1.81. The zero-order valence-electron chi connectivity index (χ0n) is 27.0. The molecule has 1 fully saturated rings. The molecule has 49 heavy (non-hydrogen) atoms. The molecule has 262 valence electrons. The molecule has 2 aromatic rings. The van der Waals surface area contributed by atoms with E-state index in [2.05, 4.69) is 21.8 Å². The van der Waals surface area contributed by atoms with E-state index in [1.54, 1.807) is 12.1 Å². The van der Waals surface area contributed by atoms with E-state index in [-0.39, 0.29) is 41.5 Å². The summed E-state index contributed by atoms with van der Waals surface area (Å²) in [6, 6.07) is 10.8. The number of anilines is 1. The molecule has 1 aliphatic carbocycles. The van der Waals surface area contributed by atoms with Gasteiger partial charge in [0, 0.05) is 13.8 Å². The first-order valence-electron chi connectivity index (χ1n) is 14.9. The maximum Gasteiger partial charge on any atom is 0.411 e. The second-order valence-electron chi connectivity index (χ2n) is 12.8. The number of hydrogen-bond donors (Lipinski definition) is 2. The number of aliphatic imine (C=N–C) groups is 2. The molecular weight excluding hydrogens is 675 g/mol. The molecule has 0 spiro atoms. The molecule has 0 unspecified atom stereocenters. The quantitative estimate of drug-likeness (QED) is 0.129. The summed E-state index contributed by atoms with van der Waals surface area (Å²) < 4.78 is 73.8. The van der Waals surface area contributed by atoms with Crippen molar-refractivity contribution in [1.29, 1.82) is 5.26 Å². The van der Waals surface area contributed by atoms with E-state index in [4.69, 9.17) is 22.1 Å². The lowest BCUT2D eigenvalue weighted by Gasteiger charge is -2.35. The van der Waals surface area contributed by atoms with Gasteiger partial charge in [-0.2, -0.15) is 23.5 Å². The summed E-state index contributed by atoms with van der Waals surface area (Å²) in [6.45, 7) is 8.21. The lowest BCUT2D eigenvalue weighted by molar-refractivity contribution is -0.164. The summed E-state index contributed by atoms with van der Waals surface area (Å²) in [5, 5.41) is 15.4. The number of nitrogens with zero attached hydrogens (tertiary/aromatic N) is 6. The summed E-state index contributed by atoms with van der Waals surface area (Å²) in [4.78, 5) is 36.7. The number of nitrogens with two attached hydrogens (primary N) is 1. The molecule has 0 saturated heterocycles. The molecule has 1 heterocycles. The zero-order valence-corrected chi connectivity index (χ0v) is 27.7. The van der Waals surface area contributed by atoms with Gasteiger partial charge < -0.3 is 15.8 Å². The molecule has 3 N–H and O–H groups in total. The Bertz CT molecular complexity index is 1710. The van der Waals surface area contributed by atoms with E-state index in [1.807, 2.05) is 32.2 Å². The number of hydrazone groups is 1. The van der Waals surface area contributed by atoms with Gasteiger partial charge in [0.05, 0.1) is 28.4 Å². The number of carbonyl (C=O) groups is 2. The number of hydrogen-bond acceptors (Lipinski definition) is 8. The molecular formula is C32H34ClF5N8O3. The highest BCUT2D eigenvalue weighted by molar-refractivity contribution is 6.34. The van der Waals surface area contributed by atoms with Gasteiger partial charge in [-0.3, -0.25) is 14.7 Å². The first-order chi connectivity index (χ1) is 22.8. The van der Waals surface area contributed by atoms with Crippen molar-refractivity contribution in [3.05, 3.63) is 64.2 Å². The van der Waals surface area contributed by atoms with E-state index in [0.717, 1.165) is 11.9 Å². The third kappa shape index (κ3) is 7.46.